The third-order valence-corrected chi connectivity index (χ3v) is 7.43. The predicted octanol–water partition coefficient (Wildman–Crippen LogP) is 0.796. The highest BCUT2D eigenvalue weighted by atomic mass is 16.5. The zero-order chi connectivity index (χ0) is 21.1. The molecule has 7 nitrogen and oxygen atoms in total. The summed E-state index contributed by atoms with van der Waals surface area (Å²) in [5.41, 5.74) is 0.737. The van der Waals surface area contributed by atoms with Gasteiger partial charge >= 0.3 is 0 Å². The minimum atomic E-state index is -0.900. The SMILES string of the molecule is CC(O)C(C)O.COc1ccc2c3c1O[C@H]1C(=O)CC[C@@]4(O)[C@@H](C2)N(C)CC[C@]314. The number of aliphatic hydroxyl groups excluding tert-OH is 2. The summed E-state index contributed by atoms with van der Waals surface area (Å²) in [5.74, 6) is 1.47. The number of Topliss-reactive ketones (excluding diaryl/α,β-unsaturated/α-hetero) is 1. The second kappa shape index (κ2) is 6.94. The van der Waals surface area contributed by atoms with Gasteiger partial charge in [0.1, 0.15) is 0 Å². The maximum absolute atomic E-state index is 12.7. The summed E-state index contributed by atoms with van der Waals surface area (Å²) in [6, 6.07) is 4.05. The molecule has 0 aromatic heterocycles. The average Bonchev–Trinajstić information content (AvgIpc) is 3.04. The first-order valence-electron chi connectivity index (χ1n) is 10.4. The van der Waals surface area contributed by atoms with Crippen molar-refractivity contribution < 1.29 is 29.6 Å². The Bertz CT molecular complexity index is 818. The zero-order valence-electron chi connectivity index (χ0n) is 17.5. The largest absolute Gasteiger partial charge is 0.493 e. The Morgan fingerprint density at radius 2 is 1.93 bits per heavy atom. The summed E-state index contributed by atoms with van der Waals surface area (Å²) in [5, 5.41) is 28.5. The van der Waals surface area contributed by atoms with E-state index < -0.39 is 29.3 Å². The smallest absolute Gasteiger partial charge is 0.174 e. The number of piperidine rings is 1. The van der Waals surface area contributed by atoms with Crippen molar-refractivity contribution in [2.24, 2.45) is 0 Å². The normalized spacial score (nSPS) is 36.3. The molecular weight excluding hydrogens is 374 g/mol. The molecule has 1 aromatic carbocycles. The number of ketones is 1. The summed E-state index contributed by atoms with van der Waals surface area (Å²) in [6.07, 6.45) is 0.707. The number of carbonyl (C=O) groups excluding carboxylic acids is 1. The monoisotopic (exact) mass is 405 g/mol. The van der Waals surface area contributed by atoms with Crippen molar-refractivity contribution in [3.8, 4) is 11.5 Å². The van der Waals surface area contributed by atoms with Crippen LogP contribution in [0.5, 0.6) is 11.5 Å². The average molecular weight is 405 g/mol. The number of ether oxygens (including phenoxy) is 2. The number of hydrogen-bond donors (Lipinski definition) is 3. The topological polar surface area (TPSA) is 99.5 Å². The quantitative estimate of drug-likeness (QED) is 0.669. The summed E-state index contributed by atoms with van der Waals surface area (Å²) >= 11 is 0. The van der Waals surface area contributed by atoms with Gasteiger partial charge in [-0.3, -0.25) is 4.79 Å². The van der Waals surface area contributed by atoms with Gasteiger partial charge in [-0.25, -0.2) is 0 Å². The lowest BCUT2D eigenvalue weighted by Gasteiger charge is -2.62. The van der Waals surface area contributed by atoms with Gasteiger partial charge in [0, 0.05) is 18.0 Å². The van der Waals surface area contributed by atoms with E-state index in [0.717, 1.165) is 24.9 Å². The van der Waals surface area contributed by atoms with Crippen LogP contribution >= 0.6 is 0 Å². The molecule has 4 aliphatic rings. The Labute approximate surface area is 171 Å². The summed E-state index contributed by atoms with van der Waals surface area (Å²) in [6.45, 7) is 3.96. The third kappa shape index (κ3) is 2.68. The zero-order valence-corrected chi connectivity index (χ0v) is 17.5. The number of carbonyl (C=O) groups is 1. The first-order chi connectivity index (χ1) is 13.7. The fourth-order valence-electron chi connectivity index (χ4n) is 5.69. The van der Waals surface area contributed by atoms with E-state index >= 15 is 0 Å². The van der Waals surface area contributed by atoms with Crippen molar-refractivity contribution in [2.75, 3.05) is 20.7 Å². The minimum absolute atomic E-state index is 0.0438. The molecule has 3 N–H and O–H groups in total. The lowest BCUT2D eigenvalue weighted by atomic mass is 9.49. The van der Waals surface area contributed by atoms with E-state index in [4.69, 9.17) is 19.7 Å². The van der Waals surface area contributed by atoms with Crippen LogP contribution in [0.4, 0.5) is 0 Å². The van der Waals surface area contributed by atoms with Gasteiger partial charge in [-0.15, -0.1) is 0 Å². The molecule has 1 saturated heterocycles. The number of aliphatic hydroxyl groups is 3. The molecule has 2 heterocycles. The lowest BCUT2D eigenvalue weighted by Crippen LogP contribution is -2.76. The van der Waals surface area contributed by atoms with Gasteiger partial charge in [0.25, 0.3) is 0 Å². The van der Waals surface area contributed by atoms with Crippen LogP contribution in [-0.4, -0.2) is 76.7 Å². The number of rotatable bonds is 2. The van der Waals surface area contributed by atoms with E-state index in [0.29, 0.717) is 24.3 Å². The van der Waals surface area contributed by atoms with Gasteiger partial charge < -0.3 is 29.7 Å². The number of likely N-dealkylation sites (N-methyl/N-ethyl adjacent to an activating group) is 1. The molecule has 1 aromatic rings. The maximum Gasteiger partial charge on any atom is 0.174 e. The van der Waals surface area contributed by atoms with Crippen molar-refractivity contribution in [1.29, 1.82) is 0 Å². The van der Waals surface area contributed by atoms with Crippen molar-refractivity contribution in [3.63, 3.8) is 0 Å². The van der Waals surface area contributed by atoms with Crippen LogP contribution < -0.4 is 9.47 Å². The van der Waals surface area contributed by atoms with Crippen LogP contribution in [0, 0.1) is 0 Å². The molecule has 2 aliphatic carbocycles. The molecule has 7 heteroatoms. The molecule has 160 valence electrons. The van der Waals surface area contributed by atoms with Gasteiger partial charge in [-0.2, -0.15) is 0 Å². The van der Waals surface area contributed by atoms with E-state index in [1.807, 2.05) is 6.07 Å². The summed E-state index contributed by atoms with van der Waals surface area (Å²) < 4.78 is 11.6. The molecule has 2 fully saturated rings. The Balaban J connectivity index is 0.000000302. The lowest BCUT2D eigenvalue weighted by molar-refractivity contribution is -0.185. The number of hydrogen-bond acceptors (Lipinski definition) is 7. The Morgan fingerprint density at radius 1 is 1.24 bits per heavy atom. The first kappa shape index (κ1) is 20.6. The standard InChI is InChI=1S/C18H21NO4.C4H10O2/c1-19-8-7-17-14-10-3-4-12(22-2)15(14)23-16(17)11(20)5-6-18(17,21)13(19)9-10;1-3(5)4(2)6/h3-4,13,16,21H,5-9H2,1-2H3;3-6H,1-2H3/t13-,16+,17+,18-;/m1./s1. The van der Waals surface area contributed by atoms with Crippen molar-refractivity contribution in [1.82, 2.24) is 4.90 Å². The van der Waals surface area contributed by atoms with E-state index in [2.05, 4.69) is 18.0 Å². The van der Waals surface area contributed by atoms with Crippen LogP contribution in [0.3, 0.4) is 0 Å². The molecule has 5 rings (SSSR count). The molecule has 29 heavy (non-hydrogen) atoms. The van der Waals surface area contributed by atoms with Crippen LogP contribution in [0.25, 0.3) is 0 Å². The molecule has 2 aliphatic heterocycles. The van der Waals surface area contributed by atoms with Crippen molar-refractivity contribution >= 4 is 5.78 Å². The molecule has 2 unspecified atom stereocenters. The van der Waals surface area contributed by atoms with Crippen LogP contribution in [-0.2, 0) is 16.6 Å². The van der Waals surface area contributed by atoms with Crippen LogP contribution in [0.15, 0.2) is 12.1 Å². The molecule has 1 spiro atoms. The third-order valence-electron chi connectivity index (χ3n) is 7.43. The van der Waals surface area contributed by atoms with Gasteiger partial charge in [0.15, 0.2) is 23.4 Å². The van der Waals surface area contributed by atoms with Crippen molar-refractivity contribution in [2.45, 2.75) is 74.9 Å². The Hall–Kier alpha value is -1.67. The second-order valence-electron chi connectivity index (χ2n) is 8.92. The van der Waals surface area contributed by atoms with Gasteiger partial charge in [-0.05, 0) is 58.3 Å². The fourth-order valence-corrected chi connectivity index (χ4v) is 5.69. The summed E-state index contributed by atoms with van der Waals surface area (Å²) in [7, 11) is 3.70. The minimum Gasteiger partial charge on any atom is -0.493 e. The molecular formula is C22H31NO6. The number of nitrogens with zero attached hydrogens (tertiary/aromatic N) is 1. The predicted molar refractivity (Wildman–Crippen MR) is 106 cm³/mol. The van der Waals surface area contributed by atoms with E-state index in [9.17, 15) is 9.90 Å². The van der Waals surface area contributed by atoms with E-state index in [1.165, 1.54) is 5.56 Å². The van der Waals surface area contributed by atoms with Gasteiger partial charge in [0.05, 0.1) is 30.3 Å². The highest BCUT2D eigenvalue weighted by molar-refractivity contribution is 5.90. The highest BCUT2D eigenvalue weighted by Crippen LogP contribution is 2.64. The molecule has 1 saturated carbocycles. The molecule has 0 radical (unpaired) electrons. The number of likely N-dealkylation sites (tertiary alicyclic amines) is 1. The maximum atomic E-state index is 12.7. The van der Waals surface area contributed by atoms with Gasteiger partial charge in [-0.1, -0.05) is 6.07 Å². The highest BCUT2D eigenvalue weighted by Gasteiger charge is 2.72. The summed E-state index contributed by atoms with van der Waals surface area (Å²) in [4.78, 5) is 14.9. The number of benzene rings is 1. The van der Waals surface area contributed by atoms with E-state index in [1.54, 1.807) is 21.0 Å². The second-order valence-corrected chi connectivity index (χ2v) is 8.92. The number of methoxy groups -OCH3 is 1. The Morgan fingerprint density at radius 3 is 2.55 bits per heavy atom. The first-order valence-corrected chi connectivity index (χ1v) is 10.4. The molecule has 2 bridgehead atoms. The fraction of sp³-hybridized carbons (Fsp3) is 0.682. The molecule has 0 amide bonds. The van der Waals surface area contributed by atoms with E-state index in [-0.39, 0.29) is 11.8 Å². The van der Waals surface area contributed by atoms with Crippen LogP contribution in [0.2, 0.25) is 0 Å². The Kier molecular flexibility index (Phi) is 4.93. The van der Waals surface area contributed by atoms with Gasteiger partial charge in [0.2, 0.25) is 0 Å². The van der Waals surface area contributed by atoms with Crippen molar-refractivity contribution in [3.05, 3.63) is 23.3 Å². The molecule has 6 atom stereocenters. The van der Waals surface area contributed by atoms with Crippen LogP contribution in [0.1, 0.15) is 44.2 Å².